The van der Waals surface area contributed by atoms with Crippen molar-refractivity contribution in [2.24, 2.45) is 17.6 Å². The lowest BCUT2D eigenvalue weighted by atomic mass is 9.82. The van der Waals surface area contributed by atoms with Gasteiger partial charge in [-0.3, -0.25) is 0 Å². The van der Waals surface area contributed by atoms with Gasteiger partial charge in [0.1, 0.15) is 0 Å². The van der Waals surface area contributed by atoms with Crippen LogP contribution in [0, 0.1) is 11.8 Å². The summed E-state index contributed by atoms with van der Waals surface area (Å²) in [5, 5.41) is 0. The molecule has 0 bridgehead atoms. The first-order chi connectivity index (χ1) is 8.33. The molecule has 1 heterocycles. The van der Waals surface area contributed by atoms with Gasteiger partial charge >= 0.3 is 0 Å². The van der Waals surface area contributed by atoms with E-state index in [-0.39, 0.29) is 5.54 Å². The van der Waals surface area contributed by atoms with Crippen LogP contribution in [0.1, 0.15) is 46.0 Å². The fraction of sp³-hybridized carbons (Fsp3) is 1.00. The maximum atomic E-state index is 12.3. The monoisotopic (exact) mass is 274 g/mol. The van der Waals surface area contributed by atoms with E-state index in [9.17, 15) is 8.42 Å². The third-order valence-electron chi connectivity index (χ3n) is 4.66. The van der Waals surface area contributed by atoms with E-state index in [1.807, 2.05) is 0 Å². The van der Waals surface area contributed by atoms with E-state index in [2.05, 4.69) is 13.8 Å². The number of nitrogens with two attached hydrogens (primary N) is 1. The summed E-state index contributed by atoms with van der Waals surface area (Å²) in [6.45, 7) is 5.12. The van der Waals surface area contributed by atoms with Crippen LogP contribution in [0.3, 0.4) is 0 Å². The number of hydrogen-bond acceptors (Lipinski definition) is 3. The van der Waals surface area contributed by atoms with Crippen molar-refractivity contribution in [3.63, 3.8) is 0 Å². The smallest absolute Gasteiger partial charge is 0.214 e. The van der Waals surface area contributed by atoms with Crippen molar-refractivity contribution in [2.45, 2.75) is 51.5 Å². The minimum Gasteiger partial charge on any atom is -0.323 e. The van der Waals surface area contributed by atoms with Crippen molar-refractivity contribution in [3.8, 4) is 0 Å². The van der Waals surface area contributed by atoms with Gasteiger partial charge in [0.15, 0.2) is 0 Å². The van der Waals surface area contributed by atoms with Crippen molar-refractivity contribution in [1.29, 1.82) is 0 Å². The molecule has 1 saturated heterocycles. The molecule has 4 nitrogen and oxygen atoms in total. The highest BCUT2D eigenvalue weighted by Gasteiger charge is 2.47. The second-order valence-electron chi connectivity index (χ2n) is 6.44. The maximum Gasteiger partial charge on any atom is 0.214 e. The van der Waals surface area contributed by atoms with Gasteiger partial charge in [0.05, 0.1) is 5.75 Å². The molecule has 2 aliphatic rings. The van der Waals surface area contributed by atoms with E-state index in [4.69, 9.17) is 5.73 Å². The molecule has 0 unspecified atom stereocenters. The van der Waals surface area contributed by atoms with Gasteiger partial charge in [-0.05, 0) is 24.7 Å². The summed E-state index contributed by atoms with van der Waals surface area (Å²) in [7, 11) is -3.07. The summed E-state index contributed by atoms with van der Waals surface area (Å²) in [6, 6.07) is 0. The Morgan fingerprint density at radius 2 is 1.78 bits per heavy atom. The summed E-state index contributed by atoms with van der Waals surface area (Å²) in [6.07, 6.45) is 5.79. The van der Waals surface area contributed by atoms with Crippen molar-refractivity contribution in [1.82, 2.24) is 4.31 Å². The van der Waals surface area contributed by atoms with Crippen LogP contribution < -0.4 is 5.73 Å². The van der Waals surface area contributed by atoms with Crippen molar-refractivity contribution in [3.05, 3.63) is 0 Å². The zero-order chi connectivity index (χ0) is 13.4. The Morgan fingerprint density at radius 1 is 1.22 bits per heavy atom. The largest absolute Gasteiger partial charge is 0.323 e. The molecule has 2 fully saturated rings. The Hall–Kier alpha value is -0.130. The van der Waals surface area contributed by atoms with E-state index in [1.165, 1.54) is 19.3 Å². The average molecular weight is 274 g/mol. The second-order valence-corrected chi connectivity index (χ2v) is 8.45. The standard InChI is InChI=1S/C13H26N2O2S/c1-11(2)13(14)9-15(10-13)18(16,17)8-12-6-4-3-5-7-12/h11-12H,3-10,14H2,1-2H3. The van der Waals surface area contributed by atoms with Gasteiger partial charge in [-0.15, -0.1) is 0 Å². The highest BCUT2D eigenvalue weighted by molar-refractivity contribution is 7.89. The molecular weight excluding hydrogens is 248 g/mol. The molecule has 1 aliphatic heterocycles. The lowest BCUT2D eigenvalue weighted by molar-refractivity contribution is 0.110. The fourth-order valence-electron chi connectivity index (χ4n) is 2.93. The third kappa shape index (κ3) is 2.89. The molecule has 0 spiro atoms. The van der Waals surface area contributed by atoms with Crippen LogP contribution >= 0.6 is 0 Å². The lowest BCUT2D eigenvalue weighted by Gasteiger charge is -2.49. The molecule has 0 atom stereocenters. The Bertz CT molecular complexity index is 380. The predicted molar refractivity (Wildman–Crippen MR) is 73.7 cm³/mol. The Kier molecular flexibility index (Phi) is 4.04. The molecule has 0 amide bonds. The molecule has 2 rings (SSSR count). The molecule has 18 heavy (non-hydrogen) atoms. The van der Waals surface area contributed by atoms with Gasteiger partial charge in [-0.2, -0.15) is 4.31 Å². The first kappa shape index (κ1) is 14.3. The number of rotatable bonds is 4. The Morgan fingerprint density at radius 3 is 2.28 bits per heavy atom. The Labute approximate surface area is 111 Å². The van der Waals surface area contributed by atoms with Gasteiger partial charge in [0.25, 0.3) is 0 Å². The van der Waals surface area contributed by atoms with E-state index in [0.717, 1.165) is 12.8 Å². The normalized spacial score (nSPS) is 26.2. The number of nitrogens with zero attached hydrogens (tertiary/aromatic N) is 1. The summed E-state index contributed by atoms with van der Waals surface area (Å²) in [4.78, 5) is 0. The summed E-state index contributed by atoms with van der Waals surface area (Å²) < 4.78 is 26.1. The van der Waals surface area contributed by atoms with Crippen LogP contribution in [0.15, 0.2) is 0 Å². The van der Waals surface area contributed by atoms with Crippen LogP contribution in [0.5, 0.6) is 0 Å². The fourth-order valence-corrected chi connectivity index (χ4v) is 4.94. The van der Waals surface area contributed by atoms with Gasteiger partial charge in [-0.25, -0.2) is 8.42 Å². The third-order valence-corrected chi connectivity index (χ3v) is 6.59. The zero-order valence-corrected chi connectivity index (χ0v) is 12.4. The van der Waals surface area contributed by atoms with Crippen molar-refractivity contribution in [2.75, 3.05) is 18.8 Å². The van der Waals surface area contributed by atoms with Crippen molar-refractivity contribution >= 4 is 10.0 Å². The second kappa shape index (κ2) is 5.10. The molecule has 2 N–H and O–H groups in total. The van der Waals surface area contributed by atoms with Gasteiger partial charge < -0.3 is 5.73 Å². The van der Waals surface area contributed by atoms with Gasteiger partial charge in [-0.1, -0.05) is 33.1 Å². The van der Waals surface area contributed by atoms with Crippen LogP contribution in [0.2, 0.25) is 0 Å². The van der Waals surface area contributed by atoms with Crippen LogP contribution in [0.25, 0.3) is 0 Å². The maximum absolute atomic E-state index is 12.3. The molecule has 0 aromatic rings. The minimum absolute atomic E-state index is 0.306. The highest BCUT2D eigenvalue weighted by atomic mass is 32.2. The predicted octanol–water partition coefficient (Wildman–Crippen LogP) is 1.57. The lowest BCUT2D eigenvalue weighted by Crippen LogP contribution is -2.71. The topological polar surface area (TPSA) is 63.4 Å². The Balaban J connectivity index is 1.89. The first-order valence-corrected chi connectivity index (χ1v) is 8.71. The van der Waals surface area contributed by atoms with Gasteiger partial charge in [0, 0.05) is 18.6 Å². The van der Waals surface area contributed by atoms with Crippen LogP contribution in [-0.4, -0.2) is 37.1 Å². The van der Waals surface area contributed by atoms with Crippen LogP contribution in [-0.2, 0) is 10.0 Å². The quantitative estimate of drug-likeness (QED) is 0.846. The first-order valence-electron chi connectivity index (χ1n) is 7.10. The summed E-state index contributed by atoms with van der Waals surface area (Å²) in [5.41, 5.74) is 5.85. The van der Waals surface area contributed by atoms with E-state index < -0.39 is 10.0 Å². The highest BCUT2D eigenvalue weighted by Crippen LogP contribution is 2.31. The molecular formula is C13H26N2O2S. The SMILES string of the molecule is CC(C)C1(N)CN(S(=O)(=O)CC2CCCCC2)C1. The van der Waals surface area contributed by atoms with Crippen molar-refractivity contribution < 1.29 is 8.42 Å². The minimum atomic E-state index is -3.07. The molecule has 106 valence electrons. The van der Waals surface area contributed by atoms with E-state index in [0.29, 0.717) is 30.7 Å². The van der Waals surface area contributed by atoms with Crippen LogP contribution in [0.4, 0.5) is 0 Å². The molecule has 5 heteroatoms. The number of sulfonamides is 1. The molecule has 1 aliphatic carbocycles. The molecule has 1 saturated carbocycles. The molecule has 0 aromatic carbocycles. The summed E-state index contributed by atoms with van der Waals surface area (Å²) >= 11 is 0. The summed E-state index contributed by atoms with van der Waals surface area (Å²) in [5.74, 6) is 1.04. The van der Waals surface area contributed by atoms with E-state index >= 15 is 0 Å². The van der Waals surface area contributed by atoms with Gasteiger partial charge in [0.2, 0.25) is 10.0 Å². The zero-order valence-electron chi connectivity index (χ0n) is 11.6. The number of hydrogen-bond donors (Lipinski definition) is 1. The average Bonchev–Trinajstić information content (AvgIpc) is 2.25. The van der Waals surface area contributed by atoms with E-state index in [1.54, 1.807) is 4.31 Å². The molecule has 0 aromatic heterocycles. The molecule has 0 radical (unpaired) electrons.